The number of aliphatic hydroxyl groups is 3. The van der Waals surface area contributed by atoms with Crippen molar-refractivity contribution in [3.63, 3.8) is 0 Å². The van der Waals surface area contributed by atoms with Crippen molar-refractivity contribution in [1.29, 1.82) is 0 Å². The quantitative estimate of drug-likeness (QED) is 0.344. The van der Waals surface area contributed by atoms with Gasteiger partial charge in [-0.25, -0.2) is 0 Å². The van der Waals surface area contributed by atoms with E-state index in [1.54, 1.807) is 0 Å². The minimum absolute atomic E-state index is 0.406. The summed E-state index contributed by atoms with van der Waals surface area (Å²) in [7, 11) is 0. The summed E-state index contributed by atoms with van der Waals surface area (Å²) in [6.45, 7) is 0. The Morgan fingerprint density at radius 1 is 1.18 bits per heavy atom. The predicted octanol–water partition coefficient (Wildman–Crippen LogP) is -2.39. The fourth-order valence-electron chi connectivity index (χ4n) is 0.942. The molecule has 1 fully saturated rings. The first-order valence-electron chi connectivity index (χ1n) is 3.15. The van der Waals surface area contributed by atoms with Gasteiger partial charge in [0.1, 0.15) is 12.2 Å². The van der Waals surface area contributed by atoms with Crippen LogP contribution in [0.2, 0.25) is 0 Å². The van der Waals surface area contributed by atoms with Crippen LogP contribution in [0.5, 0.6) is 0 Å². The molecule has 0 saturated heterocycles. The highest BCUT2D eigenvalue weighted by Crippen LogP contribution is 2.13. The summed E-state index contributed by atoms with van der Waals surface area (Å²) < 4.78 is 0. The van der Waals surface area contributed by atoms with E-state index in [0.29, 0.717) is 0 Å². The van der Waals surface area contributed by atoms with E-state index in [1.807, 2.05) is 0 Å². The second-order valence-electron chi connectivity index (χ2n) is 2.49. The monoisotopic (exact) mass is 160 g/mol. The average Bonchev–Trinajstić information content (AvgIpc) is 1.97. The molecule has 0 aromatic carbocycles. The van der Waals surface area contributed by atoms with Gasteiger partial charge in [-0.15, -0.1) is 0 Å². The van der Waals surface area contributed by atoms with Crippen LogP contribution in [0.25, 0.3) is 0 Å². The summed E-state index contributed by atoms with van der Waals surface area (Å²) >= 11 is 0. The van der Waals surface area contributed by atoms with Gasteiger partial charge in [0.2, 0.25) is 11.6 Å². The van der Waals surface area contributed by atoms with E-state index in [-0.39, 0.29) is 0 Å². The van der Waals surface area contributed by atoms with E-state index in [0.717, 1.165) is 0 Å². The smallest absolute Gasteiger partial charge is 0.229 e. The molecule has 0 aromatic rings. The topological polar surface area (TPSA) is 94.8 Å². The van der Waals surface area contributed by atoms with Gasteiger partial charge in [-0.05, 0) is 0 Å². The van der Waals surface area contributed by atoms with Crippen molar-refractivity contribution in [2.24, 2.45) is 0 Å². The van der Waals surface area contributed by atoms with Crippen LogP contribution in [0.3, 0.4) is 0 Å². The first-order valence-corrected chi connectivity index (χ1v) is 3.15. The van der Waals surface area contributed by atoms with Crippen molar-refractivity contribution in [3.05, 3.63) is 0 Å². The van der Waals surface area contributed by atoms with E-state index >= 15 is 0 Å². The van der Waals surface area contributed by atoms with Gasteiger partial charge in [0, 0.05) is 6.42 Å². The van der Waals surface area contributed by atoms with Crippen LogP contribution in [-0.2, 0) is 9.59 Å². The van der Waals surface area contributed by atoms with E-state index in [2.05, 4.69) is 0 Å². The molecule has 1 saturated carbocycles. The maximum absolute atomic E-state index is 10.6. The van der Waals surface area contributed by atoms with Crippen LogP contribution in [0, 0.1) is 0 Å². The van der Waals surface area contributed by atoms with E-state index in [1.165, 1.54) is 0 Å². The third-order valence-electron chi connectivity index (χ3n) is 1.66. The van der Waals surface area contributed by atoms with E-state index < -0.39 is 36.3 Å². The average molecular weight is 160 g/mol. The first kappa shape index (κ1) is 8.32. The number of carbonyl (C=O) groups excluding carboxylic acids is 2. The largest absolute Gasteiger partial charge is 0.390 e. The minimum Gasteiger partial charge on any atom is -0.390 e. The van der Waals surface area contributed by atoms with Crippen molar-refractivity contribution in [3.8, 4) is 0 Å². The summed E-state index contributed by atoms with van der Waals surface area (Å²) in [4.78, 5) is 21.2. The van der Waals surface area contributed by atoms with Gasteiger partial charge < -0.3 is 15.3 Å². The van der Waals surface area contributed by atoms with Crippen LogP contribution in [0.4, 0.5) is 0 Å². The zero-order chi connectivity index (χ0) is 8.59. The number of carbonyl (C=O) groups is 2. The second kappa shape index (κ2) is 2.69. The molecule has 0 aromatic heterocycles. The lowest BCUT2D eigenvalue weighted by Gasteiger charge is -2.25. The van der Waals surface area contributed by atoms with Gasteiger partial charge in [-0.1, -0.05) is 0 Å². The van der Waals surface area contributed by atoms with E-state index in [9.17, 15) is 9.59 Å². The molecule has 3 atom stereocenters. The maximum atomic E-state index is 10.6. The molecule has 11 heavy (non-hydrogen) atoms. The van der Waals surface area contributed by atoms with Gasteiger partial charge in [0.25, 0.3) is 0 Å². The highest BCUT2D eigenvalue weighted by atomic mass is 16.4. The summed E-state index contributed by atoms with van der Waals surface area (Å²) in [5.74, 6) is -1.86. The SMILES string of the molecule is O=C1C[C@H](O)[C@@H](O)[C@H](O)C1=O. The molecule has 62 valence electrons. The third kappa shape index (κ3) is 1.30. The fraction of sp³-hybridized carbons (Fsp3) is 0.667. The van der Waals surface area contributed by atoms with Gasteiger partial charge in [-0.3, -0.25) is 9.59 Å². The van der Waals surface area contributed by atoms with Gasteiger partial charge in [0.05, 0.1) is 6.10 Å². The lowest BCUT2D eigenvalue weighted by atomic mass is 9.90. The predicted molar refractivity (Wildman–Crippen MR) is 32.7 cm³/mol. The van der Waals surface area contributed by atoms with Crippen LogP contribution >= 0.6 is 0 Å². The normalized spacial score (nSPS) is 39.4. The summed E-state index contributed by atoms with van der Waals surface area (Å²) in [5.41, 5.74) is 0. The van der Waals surface area contributed by atoms with Crippen molar-refractivity contribution in [2.75, 3.05) is 0 Å². The van der Waals surface area contributed by atoms with Crippen molar-refractivity contribution < 1.29 is 24.9 Å². The standard InChI is InChI=1S/C6H8O5/c7-2-1-3(8)5(10)6(11)4(2)9/h2,4,6-7,9,11H,1H2/t2-,4+,6-/m0/s1. The summed E-state index contributed by atoms with van der Waals surface area (Å²) in [5, 5.41) is 26.5. The number of rotatable bonds is 0. The second-order valence-corrected chi connectivity index (χ2v) is 2.49. The molecule has 1 aliphatic rings. The molecule has 0 amide bonds. The van der Waals surface area contributed by atoms with Crippen LogP contribution in [0.15, 0.2) is 0 Å². The molecular formula is C6H8O5. The molecular weight excluding hydrogens is 152 g/mol. The van der Waals surface area contributed by atoms with Gasteiger partial charge in [-0.2, -0.15) is 0 Å². The van der Waals surface area contributed by atoms with Crippen LogP contribution < -0.4 is 0 Å². The zero-order valence-corrected chi connectivity index (χ0v) is 5.60. The van der Waals surface area contributed by atoms with E-state index in [4.69, 9.17) is 15.3 Å². The van der Waals surface area contributed by atoms with Crippen LogP contribution in [-0.4, -0.2) is 45.2 Å². The molecule has 3 N–H and O–H groups in total. The molecule has 0 radical (unpaired) electrons. The fourth-order valence-corrected chi connectivity index (χ4v) is 0.942. The number of aliphatic hydroxyl groups excluding tert-OH is 3. The molecule has 5 nitrogen and oxygen atoms in total. The maximum Gasteiger partial charge on any atom is 0.229 e. The lowest BCUT2D eigenvalue weighted by molar-refractivity contribution is -0.158. The Labute approximate surface area is 62.3 Å². The van der Waals surface area contributed by atoms with Crippen molar-refractivity contribution in [1.82, 2.24) is 0 Å². The van der Waals surface area contributed by atoms with Crippen molar-refractivity contribution >= 4 is 11.6 Å². The number of hydrogen-bond acceptors (Lipinski definition) is 5. The highest BCUT2D eigenvalue weighted by molar-refractivity contribution is 6.39. The van der Waals surface area contributed by atoms with Crippen molar-refractivity contribution in [2.45, 2.75) is 24.7 Å². The molecule has 1 rings (SSSR count). The molecule has 0 bridgehead atoms. The Morgan fingerprint density at radius 2 is 1.73 bits per heavy atom. The summed E-state index contributed by atoms with van der Waals surface area (Å²) in [6.07, 6.45) is -5.02. The first-order chi connectivity index (χ1) is 5.04. The molecule has 0 heterocycles. The van der Waals surface area contributed by atoms with Gasteiger partial charge in [0.15, 0.2) is 0 Å². The highest BCUT2D eigenvalue weighted by Gasteiger charge is 2.40. The molecule has 0 unspecified atom stereocenters. The number of hydrogen-bond donors (Lipinski definition) is 3. The Kier molecular flexibility index (Phi) is 2.03. The van der Waals surface area contributed by atoms with Crippen LogP contribution in [0.1, 0.15) is 6.42 Å². The Balaban J connectivity index is 2.78. The number of Topliss-reactive ketones (excluding diaryl/α,β-unsaturated/α-hetero) is 2. The Bertz CT molecular complexity index is 199. The minimum atomic E-state index is -1.76. The summed E-state index contributed by atoms with van der Waals surface area (Å²) in [6, 6.07) is 0. The molecule has 0 spiro atoms. The lowest BCUT2D eigenvalue weighted by Crippen LogP contribution is -2.51. The molecule has 1 aliphatic carbocycles. The van der Waals surface area contributed by atoms with Gasteiger partial charge >= 0.3 is 0 Å². The Hall–Kier alpha value is -0.780. The zero-order valence-electron chi connectivity index (χ0n) is 5.60. The Morgan fingerprint density at radius 3 is 2.27 bits per heavy atom. The molecule has 0 aliphatic heterocycles. The molecule has 5 heteroatoms. The number of ketones is 2. The third-order valence-corrected chi connectivity index (χ3v) is 1.66.